The van der Waals surface area contributed by atoms with Crippen LogP contribution in [0.2, 0.25) is 15.1 Å². The molecule has 0 saturated heterocycles. The highest BCUT2D eigenvalue weighted by molar-refractivity contribution is 7.92. The number of sulfonamides is 1. The van der Waals surface area contributed by atoms with E-state index in [0.29, 0.717) is 31.9 Å². The number of benzene rings is 2. The van der Waals surface area contributed by atoms with E-state index in [1.54, 1.807) is 44.2 Å². The predicted octanol–water partition coefficient (Wildman–Crippen LogP) is 5.59. The van der Waals surface area contributed by atoms with E-state index in [2.05, 4.69) is 5.32 Å². The number of anilines is 1. The maximum absolute atomic E-state index is 13.8. The Balaban J connectivity index is 1.95. The van der Waals surface area contributed by atoms with Gasteiger partial charge in [0.05, 0.1) is 11.9 Å². The van der Waals surface area contributed by atoms with Crippen LogP contribution < -0.4 is 9.62 Å². The predicted molar refractivity (Wildman–Crippen MR) is 150 cm³/mol. The normalized spacial score (nSPS) is 15.2. The fourth-order valence-corrected chi connectivity index (χ4v) is 6.03. The van der Waals surface area contributed by atoms with Crippen LogP contribution in [0.5, 0.6) is 0 Å². The Morgan fingerprint density at radius 1 is 1.05 bits per heavy atom. The molecular weight excluding hydrogens is 557 g/mol. The summed E-state index contributed by atoms with van der Waals surface area (Å²) in [6.07, 6.45) is 6.02. The Morgan fingerprint density at radius 2 is 1.68 bits per heavy atom. The van der Waals surface area contributed by atoms with Gasteiger partial charge < -0.3 is 10.2 Å². The average molecular weight is 589 g/mol. The smallest absolute Gasteiger partial charge is 0.244 e. The van der Waals surface area contributed by atoms with Crippen molar-refractivity contribution in [3.05, 3.63) is 62.6 Å². The number of amides is 2. The van der Waals surface area contributed by atoms with Gasteiger partial charge in [-0.15, -0.1) is 0 Å². The van der Waals surface area contributed by atoms with Crippen LogP contribution in [0.4, 0.5) is 5.69 Å². The lowest BCUT2D eigenvalue weighted by Crippen LogP contribution is -2.53. The lowest BCUT2D eigenvalue weighted by atomic mass is 9.95. The minimum atomic E-state index is -3.87. The molecule has 1 unspecified atom stereocenters. The van der Waals surface area contributed by atoms with Gasteiger partial charge in [-0.2, -0.15) is 0 Å². The summed E-state index contributed by atoms with van der Waals surface area (Å²) in [6, 6.07) is 8.96. The van der Waals surface area contributed by atoms with Gasteiger partial charge in [0.15, 0.2) is 0 Å². The summed E-state index contributed by atoms with van der Waals surface area (Å²) in [7, 11) is -3.87. The Morgan fingerprint density at radius 3 is 2.27 bits per heavy atom. The summed E-state index contributed by atoms with van der Waals surface area (Å²) in [5.41, 5.74) is 1.39. The molecule has 0 aromatic heterocycles. The molecule has 11 heteroatoms. The highest BCUT2D eigenvalue weighted by Crippen LogP contribution is 2.29. The second-order valence-corrected chi connectivity index (χ2v) is 12.6. The molecule has 1 N–H and O–H groups in total. The first-order chi connectivity index (χ1) is 17.4. The van der Waals surface area contributed by atoms with Gasteiger partial charge in [0.2, 0.25) is 21.8 Å². The summed E-state index contributed by atoms with van der Waals surface area (Å²) in [6.45, 7) is 2.76. The number of carbonyl (C=O) groups excluding carboxylic acids is 2. The first kappa shape index (κ1) is 29.6. The van der Waals surface area contributed by atoms with Gasteiger partial charge in [-0.3, -0.25) is 13.9 Å². The summed E-state index contributed by atoms with van der Waals surface area (Å²) < 4.78 is 26.6. The van der Waals surface area contributed by atoms with Crippen LogP contribution in [0.3, 0.4) is 0 Å². The minimum Gasteiger partial charge on any atom is -0.352 e. The SMILES string of the molecule is Cc1ccc(Cl)cc1N(CC(=O)N(Cc1c(Cl)cccc1Cl)C(C)C(=O)NC1CCCCC1)S(C)(=O)=O. The van der Waals surface area contributed by atoms with Gasteiger partial charge in [-0.25, -0.2) is 8.42 Å². The van der Waals surface area contributed by atoms with Crippen LogP contribution >= 0.6 is 34.8 Å². The van der Waals surface area contributed by atoms with E-state index in [4.69, 9.17) is 34.8 Å². The largest absolute Gasteiger partial charge is 0.352 e. The second-order valence-electron chi connectivity index (χ2n) is 9.44. The number of nitrogens with one attached hydrogen (secondary N) is 1. The van der Waals surface area contributed by atoms with Crippen LogP contribution in [0, 0.1) is 6.92 Å². The van der Waals surface area contributed by atoms with E-state index in [0.717, 1.165) is 42.7 Å². The van der Waals surface area contributed by atoms with E-state index < -0.39 is 28.5 Å². The van der Waals surface area contributed by atoms with Gasteiger partial charge in [0.25, 0.3) is 0 Å². The third kappa shape index (κ3) is 7.76. The molecule has 2 aromatic rings. The summed E-state index contributed by atoms with van der Waals surface area (Å²) >= 11 is 18.9. The molecule has 1 aliphatic carbocycles. The molecule has 0 aliphatic heterocycles. The minimum absolute atomic E-state index is 0.0474. The van der Waals surface area contributed by atoms with E-state index in [-0.39, 0.29) is 18.5 Å². The number of nitrogens with zero attached hydrogens (tertiary/aromatic N) is 2. The van der Waals surface area contributed by atoms with Gasteiger partial charge in [-0.1, -0.05) is 66.2 Å². The van der Waals surface area contributed by atoms with Crippen molar-refractivity contribution in [2.75, 3.05) is 17.1 Å². The van der Waals surface area contributed by atoms with Crippen molar-refractivity contribution < 1.29 is 18.0 Å². The highest BCUT2D eigenvalue weighted by Gasteiger charge is 2.32. The maximum atomic E-state index is 13.8. The number of carbonyl (C=O) groups is 2. The highest BCUT2D eigenvalue weighted by atomic mass is 35.5. The van der Waals surface area contributed by atoms with Gasteiger partial charge in [-0.05, 0) is 56.5 Å². The first-order valence-electron chi connectivity index (χ1n) is 12.1. The van der Waals surface area contributed by atoms with Crippen LogP contribution in [0.1, 0.15) is 50.2 Å². The summed E-state index contributed by atoms with van der Waals surface area (Å²) in [5, 5.41) is 4.07. The van der Waals surface area contributed by atoms with E-state index in [1.807, 2.05) is 0 Å². The average Bonchev–Trinajstić information content (AvgIpc) is 2.83. The molecule has 1 aliphatic rings. The van der Waals surface area contributed by atoms with Crippen LogP contribution in [0.15, 0.2) is 36.4 Å². The molecule has 0 bridgehead atoms. The summed E-state index contributed by atoms with van der Waals surface area (Å²) in [4.78, 5) is 28.3. The molecule has 2 amide bonds. The topological polar surface area (TPSA) is 86.8 Å². The number of hydrogen-bond donors (Lipinski definition) is 1. The molecule has 0 radical (unpaired) electrons. The fraction of sp³-hybridized carbons (Fsp3) is 0.462. The van der Waals surface area contributed by atoms with Crippen molar-refractivity contribution in [1.82, 2.24) is 10.2 Å². The monoisotopic (exact) mass is 587 g/mol. The zero-order valence-corrected chi connectivity index (χ0v) is 24.2. The molecule has 0 spiro atoms. The fourth-order valence-electron chi connectivity index (χ4n) is 4.45. The molecule has 1 saturated carbocycles. The third-order valence-corrected chi connectivity index (χ3v) is 8.70. The van der Waals surface area contributed by atoms with Gasteiger partial charge in [0.1, 0.15) is 12.6 Å². The van der Waals surface area contributed by atoms with Crippen molar-refractivity contribution in [3.63, 3.8) is 0 Å². The quantitative estimate of drug-likeness (QED) is 0.414. The third-order valence-electron chi connectivity index (χ3n) is 6.63. The lowest BCUT2D eigenvalue weighted by Gasteiger charge is -2.33. The van der Waals surface area contributed by atoms with Crippen molar-refractivity contribution in [2.24, 2.45) is 0 Å². The molecule has 37 heavy (non-hydrogen) atoms. The number of halogens is 3. The van der Waals surface area contributed by atoms with Crippen LogP contribution in [-0.2, 0) is 26.2 Å². The Bertz CT molecular complexity index is 1230. The van der Waals surface area contributed by atoms with Crippen LogP contribution in [0.25, 0.3) is 0 Å². The van der Waals surface area contributed by atoms with Crippen molar-refractivity contribution in [1.29, 1.82) is 0 Å². The van der Waals surface area contributed by atoms with E-state index >= 15 is 0 Å². The van der Waals surface area contributed by atoms with Gasteiger partial charge in [0, 0.05) is 33.2 Å². The molecule has 2 aromatic carbocycles. The standard InChI is InChI=1S/C26H32Cl3N3O4S/c1-17-12-13-19(27)14-24(17)32(37(3,35)36)16-25(33)31(15-21-22(28)10-7-11-23(21)29)18(2)26(34)30-20-8-5-4-6-9-20/h7,10-14,18,20H,4-6,8-9,15-16H2,1-3H3,(H,30,34). The number of aryl methyl sites for hydroxylation is 1. The van der Waals surface area contributed by atoms with Crippen molar-refractivity contribution in [2.45, 2.75) is 64.6 Å². The van der Waals surface area contributed by atoms with Crippen molar-refractivity contribution in [3.8, 4) is 0 Å². The maximum Gasteiger partial charge on any atom is 0.244 e. The molecule has 7 nitrogen and oxygen atoms in total. The van der Waals surface area contributed by atoms with Gasteiger partial charge >= 0.3 is 0 Å². The number of rotatable bonds is 9. The number of hydrogen-bond acceptors (Lipinski definition) is 4. The van der Waals surface area contributed by atoms with E-state index in [1.165, 1.54) is 11.0 Å². The Labute approximate surface area is 234 Å². The molecule has 1 fully saturated rings. The zero-order valence-electron chi connectivity index (χ0n) is 21.1. The molecule has 202 valence electrons. The van der Waals surface area contributed by atoms with Crippen molar-refractivity contribution >= 4 is 62.3 Å². The first-order valence-corrected chi connectivity index (χ1v) is 15.1. The Hall–Kier alpha value is -2.00. The second kappa shape index (κ2) is 12.7. The lowest BCUT2D eigenvalue weighted by molar-refractivity contribution is -0.139. The summed E-state index contributed by atoms with van der Waals surface area (Å²) in [5.74, 6) is -0.889. The zero-order chi connectivity index (χ0) is 27.3. The molecule has 3 rings (SSSR count). The molecule has 0 heterocycles. The van der Waals surface area contributed by atoms with E-state index in [9.17, 15) is 18.0 Å². The Kier molecular flexibility index (Phi) is 10.1. The molecule has 1 atom stereocenters. The van der Waals surface area contributed by atoms with Crippen LogP contribution in [-0.4, -0.2) is 50.0 Å². The molecular formula is C26H32Cl3N3O4S.